The van der Waals surface area contributed by atoms with E-state index >= 15 is 0 Å². The van der Waals surface area contributed by atoms with Gasteiger partial charge in [-0.3, -0.25) is 9.35 Å². The second kappa shape index (κ2) is 7.13. The fourth-order valence-electron chi connectivity index (χ4n) is 4.10. The molecule has 7 heteroatoms. The Morgan fingerprint density at radius 3 is 2.59 bits per heavy atom. The summed E-state index contributed by atoms with van der Waals surface area (Å²) in [6, 6.07) is 8.73. The summed E-state index contributed by atoms with van der Waals surface area (Å²) in [6.45, 7) is 4.33. The van der Waals surface area contributed by atoms with Gasteiger partial charge in [0.25, 0.3) is 10.1 Å². The van der Waals surface area contributed by atoms with Gasteiger partial charge in [0.1, 0.15) is 0 Å². The van der Waals surface area contributed by atoms with E-state index in [1.165, 1.54) is 12.1 Å². The molecule has 27 heavy (non-hydrogen) atoms. The number of hydrogen-bond donors (Lipinski definition) is 3. The van der Waals surface area contributed by atoms with E-state index in [1.807, 2.05) is 12.1 Å². The van der Waals surface area contributed by atoms with E-state index in [0.717, 1.165) is 41.3 Å². The van der Waals surface area contributed by atoms with Gasteiger partial charge in [0.2, 0.25) is 0 Å². The van der Waals surface area contributed by atoms with E-state index in [2.05, 4.69) is 19.2 Å². The molecule has 1 heterocycles. The van der Waals surface area contributed by atoms with Gasteiger partial charge in [0.05, 0.1) is 4.90 Å². The molecule has 0 saturated carbocycles. The van der Waals surface area contributed by atoms with E-state index in [-0.39, 0.29) is 22.8 Å². The van der Waals surface area contributed by atoms with Crippen molar-refractivity contribution in [3.63, 3.8) is 0 Å². The van der Waals surface area contributed by atoms with E-state index in [9.17, 15) is 17.8 Å². The van der Waals surface area contributed by atoms with Crippen molar-refractivity contribution in [2.24, 2.45) is 0 Å². The van der Waals surface area contributed by atoms with Gasteiger partial charge in [-0.2, -0.15) is 8.42 Å². The Hall–Kier alpha value is -2.12. The number of unbranched alkanes of at least 4 members (excludes halogenated alkanes) is 2. The minimum Gasteiger partial charge on any atom is -0.481 e. The average Bonchev–Trinajstić information content (AvgIpc) is 2.84. The van der Waals surface area contributed by atoms with Crippen LogP contribution in [-0.4, -0.2) is 30.1 Å². The highest BCUT2D eigenvalue weighted by molar-refractivity contribution is 7.85. The number of carbonyl (C=O) groups is 1. The fourth-order valence-corrected chi connectivity index (χ4v) is 4.62. The van der Waals surface area contributed by atoms with Crippen molar-refractivity contribution in [1.29, 1.82) is 0 Å². The molecule has 0 aliphatic carbocycles. The summed E-state index contributed by atoms with van der Waals surface area (Å²) >= 11 is 0. The lowest BCUT2D eigenvalue weighted by Gasteiger charge is -2.30. The third-order valence-corrected chi connectivity index (χ3v) is 6.62. The second-order valence-electron chi connectivity index (χ2n) is 7.58. The summed E-state index contributed by atoms with van der Waals surface area (Å²) in [7, 11) is -4.24. The zero-order valence-corrected chi connectivity index (χ0v) is 16.3. The molecule has 0 saturated heterocycles. The molecule has 2 unspecified atom stereocenters. The molecule has 0 radical (unpaired) electrons. The standard InChI is InChI=1S/C20H25NO5S/c1-13-20(2,11-5-3-4-6-18(22)23)19-16-9-8-15(27(24,25)26)12-14(16)7-10-17(19)21-13/h7-10,12-13,21H,3-6,11H2,1-2H3,(H,22,23)(H,24,25,26). The van der Waals surface area contributed by atoms with Crippen LogP contribution in [0.3, 0.4) is 0 Å². The molecule has 0 spiro atoms. The predicted molar refractivity (Wildman–Crippen MR) is 105 cm³/mol. The van der Waals surface area contributed by atoms with Gasteiger partial charge in [0, 0.05) is 23.6 Å². The Balaban J connectivity index is 1.93. The first-order valence-corrected chi connectivity index (χ1v) is 10.6. The lowest BCUT2D eigenvalue weighted by Crippen LogP contribution is -2.33. The molecule has 3 rings (SSSR count). The van der Waals surface area contributed by atoms with Gasteiger partial charge in [-0.25, -0.2) is 0 Å². The first-order valence-electron chi connectivity index (χ1n) is 9.16. The first-order chi connectivity index (χ1) is 12.6. The summed E-state index contributed by atoms with van der Waals surface area (Å²) < 4.78 is 32.2. The molecule has 1 aliphatic heterocycles. The number of nitrogens with one attached hydrogen (secondary N) is 1. The van der Waals surface area contributed by atoms with Gasteiger partial charge in [-0.15, -0.1) is 0 Å². The maximum Gasteiger partial charge on any atom is 0.303 e. The summed E-state index contributed by atoms with van der Waals surface area (Å²) in [4.78, 5) is 10.6. The fraction of sp³-hybridized carbons (Fsp3) is 0.450. The van der Waals surface area contributed by atoms with Crippen LogP contribution in [0.1, 0.15) is 51.5 Å². The molecule has 2 aromatic rings. The van der Waals surface area contributed by atoms with Crippen molar-refractivity contribution in [3.05, 3.63) is 35.9 Å². The summed E-state index contributed by atoms with van der Waals surface area (Å²) in [5, 5.41) is 14.0. The molecule has 0 aromatic heterocycles. The highest BCUT2D eigenvalue weighted by Crippen LogP contribution is 2.48. The van der Waals surface area contributed by atoms with Crippen LogP contribution in [0.15, 0.2) is 35.2 Å². The Bertz CT molecular complexity index is 985. The van der Waals surface area contributed by atoms with Crippen LogP contribution in [0.5, 0.6) is 0 Å². The molecule has 0 fully saturated rings. The summed E-state index contributed by atoms with van der Waals surface area (Å²) in [5.41, 5.74) is 2.06. The van der Waals surface area contributed by atoms with Gasteiger partial charge in [-0.1, -0.05) is 31.9 Å². The number of carboxylic acids is 1. The van der Waals surface area contributed by atoms with Gasteiger partial charge in [-0.05, 0) is 54.3 Å². The van der Waals surface area contributed by atoms with Crippen LogP contribution in [0.2, 0.25) is 0 Å². The van der Waals surface area contributed by atoms with Crippen molar-refractivity contribution in [1.82, 2.24) is 0 Å². The smallest absolute Gasteiger partial charge is 0.303 e. The highest BCUT2D eigenvalue weighted by Gasteiger charge is 2.41. The molecule has 0 bridgehead atoms. The molecule has 2 atom stereocenters. The third kappa shape index (κ3) is 3.80. The van der Waals surface area contributed by atoms with Gasteiger partial charge in [0.15, 0.2) is 0 Å². The maximum absolute atomic E-state index is 11.4. The monoisotopic (exact) mass is 391 g/mol. The quantitative estimate of drug-likeness (QED) is 0.483. The van der Waals surface area contributed by atoms with Crippen molar-refractivity contribution in [2.75, 3.05) is 5.32 Å². The molecule has 6 nitrogen and oxygen atoms in total. The summed E-state index contributed by atoms with van der Waals surface area (Å²) in [6.07, 6.45) is 3.57. The second-order valence-corrected chi connectivity index (χ2v) is 9.01. The lowest BCUT2D eigenvalue weighted by atomic mass is 9.73. The SMILES string of the molecule is CC1Nc2ccc3cc(S(=O)(=O)O)ccc3c2C1(C)CCCCCC(=O)O. The van der Waals surface area contributed by atoms with Gasteiger partial charge >= 0.3 is 5.97 Å². The van der Waals surface area contributed by atoms with Crippen LogP contribution in [0.4, 0.5) is 5.69 Å². The molecule has 0 amide bonds. The number of fused-ring (bicyclic) bond motifs is 3. The van der Waals surface area contributed by atoms with Crippen LogP contribution in [-0.2, 0) is 20.3 Å². The van der Waals surface area contributed by atoms with Crippen LogP contribution < -0.4 is 5.32 Å². The van der Waals surface area contributed by atoms with Crippen LogP contribution in [0.25, 0.3) is 10.8 Å². The number of aliphatic carboxylic acids is 1. The normalized spacial score (nSPS) is 21.8. The molecule has 1 aliphatic rings. The molecule has 146 valence electrons. The Kier molecular flexibility index (Phi) is 5.18. The Morgan fingerprint density at radius 2 is 1.93 bits per heavy atom. The number of rotatable bonds is 7. The average molecular weight is 391 g/mol. The number of benzene rings is 2. The molecular weight excluding hydrogens is 366 g/mol. The molecule has 3 N–H and O–H groups in total. The number of hydrogen-bond acceptors (Lipinski definition) is 4. The zero-order chi connectivity index (χ0) is 19.8. The number of carboxylic acid groups (broad SMARTS) is 1. The van der Waals surface area contributed by atoms with E-state index in [4.69, 9.17) is 5.11 Å². The lowest BCUT2D eigenvalue weighted by molar-refractivity contribution is -0.137. The highest BCUT2D eigenvalue weighted by atomic mass is 32.2. The molecule has 2 aromatic carbocycles. The maximum atomic E-state index is 11.4. The van der Waals surface area contributed by atoms with Crippen molar-refractivity contribution < 1.29 is 22.9 Å². The summed E-state index contributed by atoms with van der Waals surface area (Å²) in [5.74, 6) is -0.761. The first kappa shape index (κ1) is 19.6. The zero-order valence-electron chi connectivity index (χ0n) is 15.5. The van der Waals surface area contributed by atoms with E-state index < -0.39 is 16.1 Å². The largest absolute Gasteiger partial charge is 0.481 e. The van der Waals surface area contributed by atoms with Crippen LogP contribution >= 0.6 is 0 Å². The third-order valence-electron chi connectivity index (χ3n) is 5.77. The topological polar surface area (TPSA) is 104 Å². The van der Waals surface area contributed by atoms with E-state index in [0.29, 0.717) is 6.42 Å². The Morgan fingerprint density at radius 1 is 1.19 bits per heavy atom. The van der Waals surface area contributed by atoms with Crippen molar-refractivity contribution in [2.45, 2.75) is 62.3 Å². The van der Waals surface area contributed by atoms with Crippen molar-refractivity contribution in [3.8, 4) is 0 Å². The van der Waals surface area contributed by atoms with Gasteiger partial charge < -0.3 is 10.4 Å². The van der Waals surface area contributed by atoms with Crippen molar-refractivity contribution >= 4 is 32.5 Å². The predicted octanol–water partition coefficient (Wildman–Crippen LogP) is 4.19. The van der Waals surface area contributed by atoms with E-state index in [1.54, 1.807) is 6.07 Å². The minimum atomic E-state index is -4.24. The van der Waals surface area contributed by atoms with Crippen LogP contribution in [0, 0.1) is 0 Å². The number of anilines is 1. The Labute approximate surface area is 159 Å². The minimum absolute atomic E-state index is 0.107. The molecular formula is C20H25NO5S.